The Morgan fingerprint density at radius 1 is 1.44 bits per heavy atom. The highest BCUT2D eigenvalue weighted by Crippen LogP contribution is 2.32. The molecule has 0 aliphatic carbocycles. The van der Waals surface area contributed by atoms with Crippen molar-refractivity contribution in [1.82, 2.24) is 9.55 Å². The van der Waals surface area contributed by atoms with Crippen molar-refractivity contribution in [2.45, 2.75) is 32.9 Å². The second kappa shape index (κ2) is 5.99. The number of carbonyl (C=O) groups is 1. The van der Waals surface area contributed by atoms with Gasteiger partial charge in [0.25, 0.3) is 0 Å². The van der Waals surface area contributed by atoms with Crippen LogP contribution in [-0.4, -0.2) is 31.3 Å². The van der Waals surface area contributed by atoms with Crippen LogP contribution in [0.4, 0.5) is 0 Å². The van der Waals surface area contributed by atoms with Crippen molar-refractivity contribution in [3.05, 3.63) is 40.5 Å². The highest BCUT2D eigenvalue weighted by atomic mass is 32.1. The number of benzene rings is 1. The maximum atomic E-state index is 11.2. The van der Waals surface area contributed by atoms with Crippen LogP contribution >= 0.6 is 11.3 Å². The van der Waals surface area contributed by atoms with E-state index in [0.29, 0.717) is 22.8 Å². The number of rotatable bonds is 4. The third kappa shape index (κ3) is 3.27. The van der Waals surface area contributed by atoms with E-state index in [1.807, 2.05) is 22.8 Å². The molecule has 6 nitrogen and oxygen atoms in total. The number of aromatic carboxylic acids is 1. The first-order valence-corrected chi connectivity index (χ1v) is 8.48. The summed E-state index contributed by atoms with van der Waals surface area (Å²) < 4.78 is 1.85. The molecule has 0 aliphatic rings. The molecule has 0 bridgehead atoms. The van der Waals surface area contributed by atoms with Crippen LogP contribution in [0.2, 0.25) is 0 Å². The van der Waals surface area contributed by atoms with Gasteiger partial charge in [-0.1, -0.05) is 0 Å². The summed E-state index contributed by atoms with van der Waals surface area (Å²) in [5.41, 5.74) is 1.69. The van der Waals surface area contributed by atoms with Gasteiger partial charge >= 0.3 is 5.97 Å². The summed E-state index contributed by atoms with van der Waals surface area (Å²) >= 11 is 1.12. The molecule has 0 aliphatic heterocycles. The van der Waals surface area contributed by atoms with Gasteiger partial charge in [-0.2, -0.15) is 5.26 Å². The number of carboxylic acid groups (broad SMARTS) is 1. The standard InChI is InChI=1S/C18H17N3O3S/c1-10-15(17(22)23)25-16(20-10)11-4-5-14-13(6-11)12(7-19)8-21(14)9-18(2,3)24/h4-6,8,24H,9H2,1-3H3,(H,22,23). The predicted octanol–water partition coefficient (Wildman–Crippen LogP) is 3.41. The number of aromatic nitrogens is 2. The summed E-state index contributed by atoms with van der Waals surface area (Å²) in [6.07, 6.45) is 1.72. The molecule has 0 saturated carbocycles. The number of hydrogen-bond acceptors (Lipinski definition) is 5. The van der Waals surface area contributed by atoms with E-state index in [4.69, 9.17) is 0 Å². The minimum atomic E-state index is -0.989. The second-order valence-electron chi connectivity index (χ2n) is 6.57. The Morgan fingerprint density at radius 3 is 2.72 bits per heavy atom. The van der Waals surface area contributed by atoms with E-state index in [0.717, 1.165) is 27.8 Å². The molecule has 0 atom stereocenters. The molecule has 2 heterocycles. The van der Waals surface area contributed by atoms with Gasteiger partial charge in [0.2, 0.25) is 0 Å². The van der Waals surface area contributed by atoms with Crippen LogP contribution in [0.5, 0.6) is 0 Å². The fraction of sp³-hybridized carbons (Fsp3) is 0.278. The molecule has 0 saturated heterocycles. The van der Waals surface area contributed by atoms with Crippen LogP contribution in [0.25, 0.3) is 21.5 Å². The molecule has 1 aromatic carbocycles. The molecule has 0 unspecified atom stereocenters. The van der Waals surface area contributed by atoms with Gasteiger partial charge in [0, 0.05) is 22.7 Å². The monoisotopic (exact) mass is 355 g/mol. The Kier molecular flexibility index (Phi) is 4.11. The average Bonchev–Trinajstić information content (AvgIpc) is 3.06. The van der Waals surface area contributed by atoms with Crippen LogP contribution in [0.1, 0.15) is 34.8 Å². The van der Waals surface area contributed by atoms with Crippen LogP contribution in [-0.2, 0) is 6.54 Å². The fourth-order valence-corrected chi connectivity index (χ4v) is 3.69. The normalized spacial score (nSPS) is 11.6. The maximum Gasteiger partial charge on any atom is 0.347 e. The number of carboxylic acids is 1. The van der Waals surface area contributed by atoms with Crippen molar-refractivity contribution in [2.24, 2.45) is 0 Å². The van der Waals surface area contributed by atoms with E-state index < -0.39 is 11.6 Å². The molecule has 7 heteroatoms. The number of aliphatic hydroxyl groups is 1. The molecule has 2 N–H and O–H groups in total. The molecular weight excluding hydrogens is 338 g/mol. The topological polar surface area (TPSA) is 99.1 Å². The van der Waals surface area contributed by atoms with Gasteiger partial charge in [-0.05, 0) is 39.0 Å². The first-order valence-electron chi connectivity index (χ1n) is 7.66. The average molecular weight is 355 g/mol. The Bertz CT molecular complexity index is 1020. The van der Waals surface area contributed by atoms with Gasteiger partial charge in [-0.25, -0.2) is 9.78 Å². The van der Waals surface area contributed by atoms with Crippen LogP contribution < -0.4 is 0 Å². The lowest BCUT2D eigenvalue weighted by molar-refractivity contribution is 0.0627. The summed E-state index contributed by atoms with van der Waals surface area (Å²) in [5, 5.41) is 30.0. The molecular formula is C18H17N3O3S. The first kappa shape index (κ1) is 17.1. The Labute approximate surface area is 148 Å². The van der Waals surface area contributed by atoms with Gasteiger partial charge in [-0.3, -0.25) is 0 Å². The van der Waals surface area contributed by atoms with E-state index >= 15 is 0 Å². The fourth-order valence-electron chi connectivity index (χ4n) is 2.79. The van der Waals surface area contributed by atoms with Crippen molar-refractivity contribution >= 4 is 28.2 Å². The highest BCUT2D eigenvalue weighted by molar-refractivity contribution is 7.17. The largest absolute Gasteiger partial charge is 0.477 e. The predicted molar refractivity (Wildman–Crippen MR) is 95.8 cm³/mol. The highest BCUT2D eigenvalue weighted by Gasteiger charge is 2.19. The van der Waals surface area contributed by atoms with Crippen molar-refractivity contribution in [1.29, 1.82) is 5.26 Å². The smallest absolute Gasteiger partial charge is 0.347 e. The molecule has 3 aromatic rings. The first-order chi connectivity index (χ1) is 11.7. The third-order valence-electron chi connectivity index (χ3n) is 3.80. The van der Waals surface area contributed by atoms with E-state index in [1.165, 1.54) is 0 Å². The van der Waals surface area contributed by atoms with E-state index in [9.17, 15) is 20.3 Å². The zero-order valence-electron chi connectivity index (χ0n) is 14.1. The Hall–Kier alpha value is -2.69. The zero-order valence-corrected chi connectivity index (χ0v) is 14.9. The second-order valence-corrected chi connectivity index (χ2v) is 7.56. The number of fused-ring (bicyclic) bond motifs is 1. The van der Waals surface area contributed by atoms with E-state index in [2.05, 4.69) is 11.1 Å². The molecule has 0 spiro atoms. The summed E-state index contributed by atoms with van der Waals surface area (Å²) in [6, 6.07) is 7.75. The molecule has 25 heavy (non-hydrogen) atoms. The number of thiazole rings is 1. The Morgan fingerprint density at radius 2 is 2.16 bits per heavy atom. The Balaban J connectivity index is 2.13. The maximum absolute atomic E-state index is 11.2. The molecule has 0 radical (unpaired) electrons. The molecule has 2 aromatic heterocycles. The van der Waals surface area contributed by atoms with E-state index in [1.54, 1.807) is 27.0 Å². The van der Waals surface area contributed by atoms with Crippen LogP contribution in [0.15, 0.2) is 24.4 Å². The number of aryl methyl sites for hydroxylation is 1. The van der Waals surface area contributed by atoms with Gasteiger partial charge in [0.05, 0.1) is 23.4 Å². The van der Waals surface area contributed by atoms with Crippen molar-refractivity contribution in [2.75, 3.05) is 0 Å². The van der Waals surface area contributed by atoms with Gasteiger partial charge < -0.3 is 14.8 Å². The van der Waals surface area contributed by atoms with Crippen molar-refractivity contribution in [3.63, 3.8) is 0 Å². The molecule has 3 rings (SSSR count). The quantitative estimate of drug-likeness (QED) is 0.747. The summed E-state index contributed by atoms with van der Waals surface area (Å²) in [5.74, 6) is -0.989. The van der Waals surface area contributed by atoms with Crippen molar-refractivity contribution in [3.8, 4) is 16.6 Å². The lowest BCUT2D eigenvalue weighted by Gasteiger charge is -2.18. The number of hydrogen-bond donors (Lipinski definition) is 2. The number of nitriles is 1. The minimum Gasteiger partial charge on any atom is -0.477 e. The summed E-state index contributed by atoms with van der Waals surface area (Å²) in [6.45, 7) is 5.46. The number of nitrogens with zero attached hydrogens (tertiary/aromatic N) is 3. The van der Waals surface area contributed by atoms with Gasteiger partial charge in [-0.15, -0.1) is 11.3 Å². The van der Waals surface area contributed by atoms with Crippen LogP contribution in [0, 0.1) is 18.3 Å². The molecule has 128 valence electrons. The molecule has 0 amide bonds. The SMILES string of the molecule is Cc1nc(-c2ccc3c(c2)c(C#N)cn3CC(C)(C)O)sc1C(=O)O. The summed E-state index contributed by atoms with van der Waals surface area (Å²) in [4.78, 5) is 15.8. The van der Waals surface area contributed by atoms with Crippen molar-refractivity contribution < 1.29 is 15.0 Å². The lowest BCUT2D eigenvalue weighted by atomic mass is 10.1. The minimum absolute atomic E-state index is 0.218. The van der Waals surface area contributed by atoms with Gasteiger partial charge in [0.1, 0.15) is 16.0 Å². The van der Waals surface area contributed by atoms with Crippen LogP contribution in [0.3, 0.4) is 0 Å². The van der Waals surface area contributed by atoms with Gasteiger partial charge in [0.15, 0.2) is 0 Å². The summed E-state index contributed by atoms with van der Waals surface area (Å²) in [7, 11) is 0. The van der Waals surface area contributed by atoms with E-state index in [-0.39, 0.29) is 4.88 Å². The molecule has 0 fully saturated rings. The lowest BCUT2D eigenvalue weighted by Crippen LogP contribution is -2.25. The zero-order chi connectivity index (χ0) is 18.4. The third-order valence-corrected chi connectivity index (χ3v) is 4.99.